The molecule has 2 aromatic rings. The SMILES string of the molecule is CC1OCCC1n1c(C2CC2)nc2c(C(=O)O)cccc21. The van der Waals surface area contributed by atoms with Gasteiger partial charge in [0.05, 0.1) is 23.2 Å². The molecule has 1 saturated carbocycles. The third kappa shape index (κ3) is 1.95. The molecule has 1 aromatic heterocycles. The summed E-state index contributed by atoms with van der Waals surface area (Å²) in [6.07, 6.45) is 3.40. The first-order valence-corrected chi connectivity index (χ1v) is 7.52. The number of ether oxygens (including phenoxy) is 1. The van der Waals surface area contributed by atoms with Crippen LogP contribution in [0.1, 0.15) is 54.3 Å². The number of rotatable bonds is 3. The highest BCUT2D eigenvalue weighted by molar-refractivity contribution is 6.01. The van der Waals surface area contributed by atoms with Gasteiger partial charge in [0.1, 0.15) is 11.3 Å². The molecule has 1 aliphatic heterocycles. The molecule has 0 spiro atoms. The molecule has 2 fully saturated rings. The Morgan fingerprint density at radius 2 is 2.19 bits per heavy atom. The Hall–Kier alpha value is -1.88. The molecule has 21 heavy (non-hydrogen) atoms. The number of hydrogen-bond acceptors (Lipinski definition) is 3. The molecular formula is C16H18N2O3. The number of nitrogens with zero attached hydrogens (tertiary/aromatic N) is 2. The van der Waals surface area contributed by atoms with Crippen molar-refractivity contribution >= 4 is 17.0 Å². The van der Waals surface area contributed by atoms with Gasteiger partial charge in [-0.25, -0.2) is 9.78 Å². The third-order valence-electron chi connectivity index (χ3n) is 4.59. The van der Waals surface area contributed by atoms with Gasteiger partial charge in [0.2, 0.25) is 0 Å². The van der Waals surface area contributed by atoms with E-state index >= 15 is 0 Å². The van der Waals surface area contributed by atoms with E-state index in [-0.39, 0.29) is 12.1 Å². The Morgan fingerprint density at radius 1 is 1.38 bits per heavy atom. The normalized spacial score (nSPS) is 25.6. The molecular weight excluding hydrogens is 268 g/mol. The summed E-state index contributed by atoms with van der Waals surface area (Å²) in [7, 11) is 0. The average molecular weight is 286 g/mol. The second-order valence-electron chi connectivity index (χ2n) is 6.02. The molecule has 0 amide bonds. The lowest BCUT2D eigenvalue weighted by molar-refractivity contribution is 0.0699. The first-order chi connectivity index (χ1) is 10.2. The maximum absolute atomic E-state index is 11.4. The number of aromatic nitrogens is 2. The van der Waals surface area contributed by atoms with Crippen LogP contribution in [-0.2, 0) is 4.74 Å². The highest BCUT2D eigenvalue weighted by Gasteiger charge is 2.36. The summed E-state index contributed by atoms with van der Waals surface area (Å²) in [5, 5.41) is 9.38. The van der Waals surface area contributed by atoms with Gasteiger partial charge < -0.3 is 14.4 Å². The molecule has 0 radical (unpaired) electrons. The predicted octanol–water partition coefficient (Wildman–Crippen LogP) is 2.96. The van der Waals surface area contributed by atoms with Gasteiger partial charge in [-0.1, -0.05) is 6.07 Å². The number of carbonyl (C=O) groups is 1. The first kappa shape index (κ1) is 12.8. The lowest BCUT2D eigenvalue weighted by atomic mass is 10.1. The lowest BCUT2D eigenvalue weighted by Crippen LogP contribution is -2.18. The Kier molecular flexibility index (Phi) is 2.79. The summed E-state index contributed by atoms with van der Waals surface area (Å²) in [5.74, 6) is 0.608. The van der Waals surface area contributed by atoms with Crippen LogP contribution in [0.3, 0.4) is 0 Å². The van der Waals surface area contributed by atoms with Crippen molar-refractivity contribution in [3.05, 3.63) is 29.6 Å². The van der Waals surface area contributed by atoms with Crippen molar-refractivity contribution < 1.29 is 14.6 Å². The van der Waals surface area contributed by atoms with Crippen molar-refractivity contribution in [1.82, 2.24) is 9.55 Å². The summed E-state index contributed by atoms with van der Waals surface area (Å²) >= 11 is 0. The Balaban J connectivity index is 1.96. The van der Waals surface area contributed by atoms with E-state index < -0.39 is 5.97 Å². The minimum atomic E-state index is -0.914. The number of carboxylic acids is 1. The minimum Gasteiger partial charge on any atom is -0.478 e. The van der Waals surface area contributed by atoms with Crippen LogP contribution in [0.5, 0.6) is 0 Å². The van der Waals surface area contributed by atoms with E-state index in [2.05, 4.69) is 11.5 Å². The number of hydrogen-bond donors (Lipinski definition) is 1. The van der Waals surface area contributed by atoms with Crippen LogP contribution >= 0.6 is 0 Å². The number of imidazole rings is 1. The van der Waals surface area contributed by atoms with Gasteiger partial charge in [-0.2, -0.15) is 0 Å². The largest absolute Gasteiger partial charge is 0.478 e. The summed E-state index contributed by atoms with van der Waals surface area (Å²) in [5.41, 5.74) is 1.84. The van der Waals surface area contributed by atoms with Gasteiger partial charge in [-0.15, -0.1) is 0 Å². The van der Waals surface area contributed by atoms with E-state index in [9.17, 15) is 9.90 Å². The first-order valence-electron chi connectivity index (χ1n) is 7.52. The van der Waals surface area contributed by atoms with Crippen LogP contribution < -0.4 is 0 Å². The van der Waals surface area contributed by atoms with E-state index in [1.54, 1.807) is 12.1 Å². The third-order valence-corrected chi connectivity index (χ3v) is 4.59. The zero-order valence-corrected chi connectivity index (χ0v) is 12.0. The molecule has 2 aliphatic rings. The molecule has 4 rings (SSSR count). The van der Waals surface area contributed by atoms with E-state index in [0.29, 0.717) is 17.0 Å². The van der Waals surface area contributed by atoms with Gasteiger partial charge in [-0.05, 0) is 38.3 Å². The topological polar surface area (TPSA) is 64.4 Å². The van der Waals surface area contributed by atoms with Crippen LogP contribution in [0.25, 0.3) is 11.0 Å². The molecule has 1 saturated heterocycles. The molecule has 110 valence electrons. The maximum Gasteiger partial charge on any atom is 0.337 e. The maximum atomic E-state index is 11.4. The van der Waals surface area contributed by atoms with E-state index in [1.165, 1.54) is 0 Å². The zero-order valence-electron chi connectivity index (χ0n) is 12.0. The zero-order chi connectivity index (χ0) is 14.6. The van der Waals surface area contributed by atoms with Gasteiger partial charge >= 0.3 is 5.97 Å². The van der Waals surface area contributed by atoms with Crippen LogP contribution in [0.2, 0.25) is 0 Å². The van der Waals surface area contributed by atoms with Crippen molar-refractivity contribution in [3.63, 3.8) is 0 Å². The fourth-order valence-corrected chi connectivity index (χ4v) is 3.35. The summed E-state index contributed by atoms with van der Waals surface area (Å²) in [4.78, 5) is 16.1. The van der Waals surface area contributed by atoms with Crippen molar-refractivity contribution in [2.24, 2.45) is 0 Å². The standard InChI is InChI=1S/C16H18N2O3/c1-9-12(7-8-21-9)18-13-4-2-3-11(16(19)20)14(13)17-15(18)10-5-6-10/h2-4,9-10,12H,5-8H2,1H3,(H,19,20). The van der Waals surface area contributed by atoms with Crippen molar-refractivity contribution in [2.75, 3.05) is 6.61 Å². The van der Waals surface area contributed by atoms with Crippen LogP contribution in [0.15, 0.2) is 18.2 Å². The summed E-state index contributed by atoms with van der Waals surface area (Å²) < 4.78 is 7.95. The summed E-state index contributed by atoms with van der Waals surface area (Å²) in [6.45, 7) is 2.84. The average Bonchev–Trinajstić information content (AvgIpc) is 3.12. The van der Waals surface area contributed by atoms with Gasteiger partial charge in [0.25, 0.3) is 0 Å². The molecule has 1 aliphatic carbocycles. The Labute approximate surface area is 122 Å². The lowest BCUT2D eigenvalue weighted by Gasteiger charge is -2.19. The van der Waals surface area contributed by atoms with Crippen LogP contribution in [-0.4, -0.2) is 33.3 Å². The minimum absolute atomic E-state index is 0.147. The van der Waals surface area contributed by atoms with Crippen LogP contribution in [0.4, 0.5) is 0 Å². The smallest absolute Gasteiger partial charge is 0.337 e. The van der Waals surface area contributed by atoms with Crippen LogP contribution in [0, 0.1) is 0 Å². The van der Waals surface area contributed by atoms with Gasteiger partial charge in [0.15, 0.2) is 0 Å². The molecule has 2 heterocycles. The highest BCUT2D eigenvalue weighted by Crippen LogP contribution is 2.43. The number of benzene rings is 1. The molecule has 1 aromatic carbocycles. The number of carboxylic acid groups (broad SMARTS) is 1. The van der Waals surface area contributed by atoms with E-state index in [4.69, 9.17) is 9.72 Å². The van der Waals surface area contributed by atoms with E-state index in [1.807, 2.05) is 6.07 Å². The van der Waals surface area contributed by atoms with Crippen molar-refractivity contribution in [2.45, 2.75) is 44.2 Å². The molecule has 1 N–H and O–H groups in total. The monoisotopic (exact) mass is 286 g/mol. The second kappa shape index (κ2) is 4.56. The molecule has 5 heteroatoms. The molecule has 2 atom stereocenters. The van der Waals surface area contributed by atoms with Gasteiger partial charge in [-0.3, -0.25) is 0 Å². The molecule has 0 bridgehead atoms. The number of para-hydroxylation sites is 1. The number of aromatic carboxylic acids is 1. The van der Waals surface area contributed by atoms with Gasteiger partial charge in [0, 0.05) is 12.5 Å². The Bertz CT molecular complexity index is 718. The second-order valence-corrected chi connectivity index (χ2v) is 6.02. The molecule has 5 nitrogen and oxygen atoms in total. The highest BCUT2D eigenvalue weighted by atomic mass is 16.5. The fourth-order valence-electron chi connectivity index (χ4n) is 3.35. The Morgan fingerprint density at radius 3 is 2.81 bits per heavy atom. The summed E-state index contributed by atoms with van der Waals surface area (Å²) in [6, 6.07) is 5.68. The van der Waals surface area contributed by atoms with Crippen molar-refractivity contribution in [3.8, 4) is 0 Å². The van der Waals surface area contributed by atoms with Crippen molar-refractivity contribution in [1.29, 1.82) is 0 Å². The fraction of sp³-hybridized carbons (Fsp3) is 0.500. The number of fused-ring (bicyclic) bond motifs is 1. The van der Waals surface area contributed by atoms with E-state index in [0.717, 1.165) is 37.2 Å². The molecule has 2 unspecified atom stereocenters. The quantitative estimate of drug-likeness (QED) is 0.942. The predicted molar refractivity (Wildman–Crippen MR) is 77.7 cm³/mol.